The van der Waals surface area contributed by atoms with Gasteiger partial charge >= 0.3 is 0 Å². The molecule has 0 bridgehead atoms. The molecule has 1 unspecified atom stereocenters. The van der Waals surface area contributed by atoms with E-state index in [-0.39, 0.29) is 11.8 Å². The topological polar surface area (TPSA) is 61.9 Å². The van der Waals surface area contributed by atoms with Gasteiger partial charge in [0.1, 0.15) is 6.04 Å². The van der Waals surface area contributed by atoms with Crippen molar-refractivity contribution in [1.29, 1.82) is 0 Å². The number of fused-ring (bicyclic) bond motifs is 1. The summed E-state index contributed by atoms with van der Waals surface area (Å²) in [5.41, 5.74) is 2.48. The first-order chi connectivity index (χ1) is 13.7. The zero-order valence-corrected chi connectivity index (χ0v) is 15.8. The number of ether oxygens (including phenoxy) is 1. The Hall–Kier alpha value is -2.70. The lowest BCUT2D eigenvalue weighted by atomic mass is 10.0. The van der Waals surface area contributed by atoms with Crippen molar-refractivity contribution < 1.29 is 14.3 Å². The van der Waals surface area contributed by atoms with Gasteiger partial charge in [-0.3, -0.25) is 14.5 Å². The molecule has 1 atom stereocenters. The van der Waals surface area contributed by atoms with Gasteiger partial charge in [0.2, 0.25) is 5.91 Å². The lowest BCUT2D eigenvalue weighted by molar-refractivity contribution is -0.126. The van der Waals surface area contributed by atoms with E-state index in [2.05, 4.69) is 10.2 Å². The molecule has 6 nitrogen and oxygen atoms in total. The van der Waals surface area contributed by atoms with Crippen molar-refractivity contribution in [3.05, 3.63) is 71.3 Å². The van der Waals surface area contributed by atoms with Crippen molar-refractivity contribution in [1.82, 2.24) is 15.1 Å². The van der Waals surface area contributed by atoms with Crippen LogP contribution in [0.2, 0.25) is 0 Å². The van der Waals surface area contributed by atoms with Gasteiger partial charge in [0.25, 0.3) is 5.91 Å². The van der Waals surface area contributed by atoms with Crippen LogP contribution < -0.4 is 5.32 Å². The van der Waals surface area contributed by atoms with Gasteiger partial charge in [0.05, 0.1) is 13.2 Å². The minimum atomic E-state index is -0.634. The van der Waals surface area contributed by atoms with E-state index in [1.165, 1.54) is 0 Å². The van der Waals surface area contributed by atoms with Crippen LogP contribution in [0.15, 0.2) is 54.6 Å². The van der Waals surface area contributed by atoms with E-state index in [9.17, 15) is 9.59 Å². The van der Waals surface area contributed by atoms with E-state index in [0.29, 0.717) is 18.7 Å². The van der Waals surface area contributed by atoms with Gasteiger partial charge in [0, 0.05) is 38.3 Å². The number of hydrogen-bond donors (Lipinski definition) is 1. The van der Waals surface area contributed by atoms with E-state index in [0.717, 1.165) is 44.0 Å². The van der Waals surface area contributed by atoms with Crippen LogP contribution in [0.25, 0.3) is 0 Å². The fourth-order valence-corrected chi connectivity index (χ4v) is 3.85. The fourth-order valence-electron chi connectivity index (χ4n) is 3.85. The Bertz CT molecular complexity index is 834. The largest absolute Gasteiger partial charge is 0.379 e. The van der Waals surface area contributed by atoms with Crippen LogP contribution in [0.1, 0.15) is 27.5 Å². The number of hydrogen-bond acceptors (Lipinski definition) is 4. The van der Waals surface area contributed by atoms with E-state index in [4.69, 9.17) is 4.74 Å². The number of nitrogens with one attached hydrogen (secondary N) is 1. The van der Waals surface area contributed by atoms with Crippen LogP contribution in [0, 0.1) is 0 Å². The Kier molecular flexibility index (Phi) is 5.69. The average Bonchev–Trinajstić information content (AvgIpc) is 3.06. The highest BCUT2D eigenvalue weighted by Crippen LogP contribution is 2.31. The molecule has 1 saturated heterocycles. The molecular weight excluding hydrogens is 354 g/mol. The Morgan fingerprint density at radius 1 is 1.04 bits per heavy atom. The summed E-state index contributed by atoms with van der Waals surface area (Å²) < 4.78 is 5.36. The predicted molar refractivity (Wildman–Crippen MR) is 106 cm³/mol. The number of carbonyl (C=O) groups is 2. The number of morpholine rings is 1. The molecule has 0 saturated carbocycles. The third kappa shape index (κ3) is 3.93. The molecule has 2 aromatic rings. The van der Waals surface area contributed by atoms with Crippen molar-refractivity contribution in [2.24, 2.45) is 0 Å². The van der Waals surface area contributed by atoms with Crippen molar-refractivity contribution in [3.8, 4) is 0 Å². The van der Waals surface area contributed by atoms with Crippen molar-refractivity contribution in [2.45, 2.75) is 12.6 Å². The lowest BCUT2D eigenvalue weighted by Crippen LogP contribution is -2.45. The quantitative estimate of drug-likeness (QED) is 0.832. The summed E-state index contributed by atoms with van der Waals surface area (Å²) in [4.78, 5) is 30.0. The first-order valence-electron chi connectivity index (χ1n) is 9.75. The molecule has 4 rings (SSSR count). The third-order valence-electron chi connectivity index (χ3n) is 5.36. The second kappa shape index (κ2) is 8.54. The second-order valence-corrected chi connectivity index (χ2v) is 7.15. The van der Waals surface area contributed by atoms with Crippen LogP contribution in [-0.2, 0) is 16.1 Å². The summed E-state index contributed by atoms with van der Waals surface area (Å²) >= 11 is 0. The summed E-state index contributed by atoms with van der Waals surface area (Å²) in [7, 11) is 0. The highest BCUT2D eigenvalue weighted by atomic mass is 16.5. The number of nitrogens with zero attached hydrogens (tertiary/aromatic N) is 2. The minimum absolute atomic E-state index is 0.0900. The van der Waals surface area contributed by atoms with Gasteiger partial charge in [-0.15, -0.1) is 0 Å². The highest BCUT2D eigenvalue weighted by Gasteiger charge is 2.37. The van der Waals surface area contributed by atoms with E-state index in [1.54, 1.807) is 4.90 Å². The van der Waals surface area contributed by atoms with Crippen LogP contribution in [-0.4, -0.2) is 61.0 Å². The molecule has 1 fully saturated rings. The van der Waals surface area contributed by atoms with Crippen LogP contribution in [0.5, 0.6) is 0 Å². The third-order valence-corrected chi connectivity index (χ3v) is 5.36. The molecule has 0 radical (unpaired) electrons. The SMILES string of the molecule is O=C(NCCN1CCOCC1)C(c1ccccc1)N1Cc2ccccc2C1=O. The Labute approximate surface area is 165 Å². The van der Waals surface area contributed by atoms with Crippen LogP contribution in [0.4, 0.5) is 0 Å². The van der Waals surface area contributed by atoms with Gasteiger partial charge in [-0.05, 0) is 17.2 Å². The van der Waals surface area contributed by atoms with Crippen molar-refractivity contribution in [2.75, 3.05) is 39.4 Å². The maximum atomic E-state index is 13.1. The van der Waals surface area contributed by atoms with Gasteiger partial charge < -0.3 is 15.0 Å². The zero-order chi connectivity index (χ0) is 19.3. The molecule has 2 aliphatic heterocycles. The summed E-state index contributed by atoms with van der Waals surface area (Å²) in [6.45, 7) is 5.03. The Balaban J connectivity index is 1.48. The first kappa shape index (κ1) is 18.7. The maximum absolute atomic E-state index is 13.1. The van der Waals surface area contributed by atoms with Gasteiger partial charge in [-0.2, -0.15) is 0 Å². The molecule has 146 valence electrons. The second-order valence-electron chi connectivity index (χ2n) is 7.15. The maximum Gasteiger partial charge on any atom is 0.255 e. The summed E-state index contributed by atoms with van der Waals surface area (Å²) in [6, 6.07) is 16.5. The number of carbonyl (C=O) groups excluding carboxylic acids is 2. The molecule has 28 heavy (non-hydrogen) atoms. The molecule has 1 N–H and O–H groups in total. The van der Waals surface area contributed by atoms with Crippen LogP contribution in [0.3, 0.4) is 0 Å². The minimum Gasteiger partial charge on any atom is -0.379 e. The standard InChI is InChI=1S/C22H25N3O3/c26-21(23-10-11-24-12-14-28-15-13-24)20(17-6-2-1-3-7-17)25-16-18-8-4-5-9-19(18)22(25)27/h1-9,20H,10-16H2,(H,23,26). The molecular formula is C22H25N3O3. The smallest absolute Gasteiger partial charge is 0.255 e. The molecule has 6 heteroatoms. The average molecular weight is 379 g/mol. The van der Waals surface area contributed by atoms with Gasteiger partial charge in [0.15, 0.2) is 0 Å². The molecule has 0 aromatic heterocycles. The first-order valence-corrected chi connectivity index (χ1v) is 9.75. The number of amides is 2. The van der Waals surface area contributed by atoms with Gasteiger partial charge in [-0.25, -0.2) is 0 Å². The zero-order valence-electron chi connectivity index (χ0n) is 15.8. The fraction of sp³-hybridized carbons (Fsp3) is 0.364. The predicted octanol–water partition coefficient (Wildman–Crippen LogP) is 1.83. The van der Waals surface area contributed by atoms with Crippen molar-refractivity contribution >= 4 is 11.8 Å². The van der Waals surface area contributed by atoms with Crippen LogP contribution >= 0.6 is 0 Å². The number of rotatable bonds is 6. The monoisotopic (exact) mass is 379 g/mol. The molecule has 2 amide bonds. The molecule has 2 aliphatic rings. The normalized spacial score (nSPS) is 18.0. The van der Waals surface area contributed by atoms with E-state index < -0.39 is 6.04 Å². The Morgan fingerprint density at radius 2 is 1.75 bits per heavy atom. The summed E-state index contributed by atoms with van der Waals surface area (Å²) in [5.74, 6) is -0.228. The van der Waals surface area contributed by atoms with E-state index >= 15 is 0 Å². The molecule has 0 aliphatic carbocycles. The van der Waals surface area contributed by atoms with Gasteiger partial charge in [-0.1, -0.05) is 48.5 Å². The van der Waals surface area contributed by atoms with Crippen molar-refractivity contribution in [3.63, 3.8) is 0 Å². The number of benzene rings is 2. The molecule has 0 spiro atoms. The van der Waals surface area contributed by atoms with E-state index in [1.807, 2.05) is 54.6 Å². The summed E-state index contributed by atoms with van der Waals surface area (Å²) in [6.07, 6.45) is 0. The summed E-state index contributed by atoms with van der Waals surface area (Å²) in [5, 5.41) is 3.04. The molecule has 2 heterocycles. The Morgan fingerprint density at radius 3 is 2.50 bits per heavy atom. The highest BCUT2D eigenvalue weighted by molar-refractivity contribution is 6.01. The molecule has 2 aromatic carbocycles. The lowest BCUT2D eigenvalue weighted by Gasteiger charge is -2.29.